The van der Waals surface area contributed by atoms with Crippen LogP contribution in [0.4, 0.5) is 19.1 Å². The van der Waals surface area contributed by atoms with Gasteiger partial charge in [0, 0.05) is 23.2 Å². The van der Waals surface area contributed by atoms with E-state index in [0.717, 1.165) is 44.3 Å². The van der Waals surface area contributed by atoms with E-state index in [2.05, 4.69) is 21.4 Å². The van der Waals surface area contributed by atoms with Crippen molar-refractivity contribution in [3.8, 4) is 5.88 Å². The molecule has 0 unspecified atom stereocenters. The second-order valence-electron chi connectivity index (χ2n) is 9.65. The normalized spacial score (nSPS) is 23.3. The lowest BCUT2D eigenvalue weighted by Gasteiger charge is -2.31. The zero-order chi connectivity index (χ0) is 25.3. The topological polar surface area (TPSA) is 82.3 Å². The minimum atomic E-state index is -4.72. The maximum atomic E-state index is 14.4. The van der Waals surface area contributed by atoms with Crippen LogP contribution >= 0.6 is 11.6 Å². The van der Waals surface area contributed by atoms with Gasteiger partial charge in [-0.2, -0.15) is 18.2 Å². The van der Waals surface area contributed by atoms with Crippen LogP contribution in [0, 0.1) is 5.41 Å². The molecule has 5 rings (SSSR count). The fraction of sp³-hybridized carbons (Fsp3) is 0.462. The first-order chi connectivity index (χ1) is 17.2. The first-order valence-corrected chi connectivity index (χ1v) is 12.4. The number of nitrogen functional groups attached to an aromatic ring is 1. The second-order valence-corrected chi connectivity index (χ2v) is 10.1. The quantitative estimate of drug-likeness (QED) is 0.523. The van der Waals surface area contributed by atoms with E-state index in [1.165, 1.54) is 24.3 Å². The molecule has 1 spiro atoms. The van der Waals surface area contributed by atoms with Crippen molar-refractivity contribution in [3.05, 3.63) is 58.3 Å². The first-order valence-electron chi connectivity index (χ1n) is 12.1. The third-order valence-corrected chi connectivity index (χ3v) is 7.41. The predicted molar refractivity (Wildman–Crippen MR) is 132 cm³/mol. The molecule has 3 aliphatic rings. The lowest BCUT2D eigenvalue weighted by molar-refractivity contribution is -0.198. The molecule has 2 aromatic rings. The number of hydrogen-bond donors (Lipinski definition) is 2. The highest BCUT2D eigenvalue weighted by molar-refractivity contribution is 6.30. The number of ether oxygens (including phenoxy) is 2. The molecule has 0 bridgehead atoms. The minimum absolute atomic E-state index is 0.0602. The van der Waals surface area contributed by atoms with E-state index < -0.39 is 12.3 Å². The van der Waals surface area contributed by atoms with E-state index in [1.807, 2.05) is 6.08 Å². The van der Waals surface area contributed by atoms with E-state index in [9.17, 15) is 13.2 Å². The molecule has 1 aromatic carbocycles. The number of anilines is 1. The molecule has 3 heterocycles. The molecule has 10 heteroatoms. The van der Waals surface area contributed by atoms with Crippen molar-refractivity contribution in [1.82, 2.24) is 15.3 Å². The molecule has 36 heavy (non-hydrogen) atoms. The van der Waals surface area contributed by atoms with Crippen LogP contribution in [-0.4, -0.2) is 42.4 Å². The summed E-state index contributed by atoms with van der Waals surface area (Å²) >= 11 is 6.15. The van der Waals surface area contributed by atoms with Crippen molar-refractivity contribution in [2.75, 3.05) is 32.0 Å². The van der Waals surface area contributed by atoms with Gasteiger partial charge < -0.3 is 20.5 Å². The Balaban J connectivity index is 1.47. The Morgan fingerprint density at radius 1 is 1.14 bits per heavy atom. The van der Waals surface area contributed by atoms with Gasteiger partial charge >= 0.3 is 6.18 Å². The highest BCUT2D eigenvalue weighted by Gasteiger charge is 2.45. The van der Waals surface area contributed by atoms with Gasteiger partial charge in [0.2, 0.25) is 17.9 Å². The van der Waals surface area contributed by atoms with Crippen LogP contribution in [0.15, 0.2) is 36.4 Å². The molecule has 3 N–H and O–H groups in total. The van der Waals surface area contributed by atoms with Gasteiger partial charge in [0.1, 0.15) is 0 Å². The Bertz CT molecular complexity index is 1190. The fourth-order valence-electron chi connectivity index (χ4n) is 5.23. The van der Waals surface area contributed by atoms with Gasteiger partial charge in [-0.15, -0.1) is 0 Å². The highest BCUT2D eigenvalue weighted by atomic mass is 35.5. The molecule has 2 atom stereocenters. The summed E-state index contributed by atoms with van der Waals surface area (Å²) < 4.78 is 54.1. The Labute approximate surface area is 212 Å². The van der Waals surface area contributed by atoms with Crippen LogP contribution < -0.4 is 15.8 Å². The van der Waals surface area contributed by atoms with Gasteiger partial charge in [-0.1, -0.05) is 29.8 Å². The molecular formula is C26H28ClF3N4O2. The maximum absolute atomic E-state index is 14.4. The Morgan fingerprint density at radius 2 is 2.00 bits per heavy atom. The summed E-state index contributed by atoms with van der Waals surface area (Å²) in [6, 6.07) is 5.73. The number of alkyl halides is 3. The molecule has 0 saturated carbocycles. The summed E-state index contributed by atoms with van der Waals surface area (Å²) in [6.07, 6.45) is 1.38. The standard InChI is InChI=1S/C26H28ClF3N4O2/c27-18-3-4-19(20(12-18)17-2-1-11-35-14-17)23(26(28,29)30)36-22-13-21(33-24(31)34-22)16-5-7-25(8-6-16)9-10-32-15-25/h2-5,12-13,23,32H,1,6-11,14-15H2,(H2,31,33,34)/t23-,25-/m1/s1. The highest BCUT2D eigenvalue weighted by Crippen LogP contribution is 2.44. The molecule has 0 amide bonds. The van der Waals surface area contributed by atoms with Gasteiger partial charge in [0.25, 0.3) is 0 Å². The smallest absolute Gasteiger partial charge is 0.429 e. The molecule has 1 fully saturated rings. The lowest BCUT2D eigenvalue weighted by atomic mass is 9.74. The van der Waals surface area contributed by atoms with Crippen LogP contribution in [0.2, 0.25) is 5.02 Å². The number of benzene rings is 1. The fourth-order valence-corrected chi connectivity index (χ4v) is 5.41. The summed E-state index contributed by atoms with van der Waals surface area (Å²) in [5.41, 5.74) is 8.54. The molecule has 1 saturated heterocycles. The van der Waals surface area contributed by atoms with Crippen LogP contribution in [0.5, 0.6) is 5.88 Å². The van der Waals surface area contributed by atoms with Crippen LogP contribution in [0.1, 0.15) is 55.0 Å². The number of aromatic nitrogens is 2. The summed E-state index contributed by atoms with van der Waals surface area (Å²) in [5.74, 6) is -0.356. The number of halogens is 4. The van der Waals surface area contributed by atoms with Gasteiger partial charge in [0.15, 0.2) is 0 Å². The summed E-state index contributed by atoms with van der Waals surface area (Å²) in [6.45, 7) is 2.72. The second kappa shape index (κ2) is 10.0. The molecule has 1 aliphatic carbocycles. The molecular weight excluding hydrogens is 493 g/mol. The minimum Gasteiger partial charge on any atom is -0.460 e. The first kappa shape index (κ1) is 25.0. The van der Waals surface area contributed by atoms with Crippen molar-refractivity contribution in [3.63, 3.8) is 0 Å². The zero-order valence-electron chi connectivity index (χ0n) is 19.7. The average molecular weight is 521 g/mol. The zero-order valence-corrected chi connectivity index (χ0v) is 20.5. The lowest BCUT2D eigenvalue weighted by Crippen LogP contribution is -2.28. The molecule has 6 nitrogen and oxygen atoms in total. The molecule has 0 radical (unpaired) electrons. The Kier molecular flexibility index (Phi) is 6.98. The molecule has 192 valence electrons. The summed E-state index contributed by atoms with van der Waals surface area (Å²) in [4.78, 5) is 8.28. The van der Waals surface area contributed by atoms with Crippen LogP contribution in [0.3, 0.4) is 0 Å². The van der Waals surface area contributed by atoms with Crippen LogP contribution in [0.25, 0.3) is 11.1 Å². The largest absolute Gasteiger partial charge is 0.460 e. The average Bonchev–Trinajstić information content (AvgIpc) is 3.30. The third-order valence-electron chi connectivity index (χ3n) is 7.18. The summed E-state index contributed by atoms with van der Waals surface area (Å²) in [5, 5.41) is 3.74. The molecule has 1 aromatic heterocycles. The van der Waals surface area contributed by atoms with Gasteiger partial charge in [-0.25, -0.2) is 4.98 Å². The van der Waals surface area contributed by atoms with Gasteiger partial charge in [-0.3, -0.25) is 0 Å². The van der Waals surface area contributed by atoms with Gasteiger partial charge in [0.05, 0.1) is 18.9 Å². The van der Waals surface area contributed by atoms with E-state index in [0.29, 0.717) is 34.9 Å². The summed E-state index contributed by atoms with van der Waals surface area (Å²) in [7, 11) is 0. The predicted octanol–water partition coefficient (Wildman–Crippen LogP) is 5.75. The van der Waals surface area contributed by atoms with E-state index >= 15 is 0 Å². The molecule has 2 aliphatic heterocycles. The Morgan fingerprint density at radius 3 is 2.67 bits per heavy atom. The van der Waals surface area contributed by atoms with E-state index in [4.69, 9.17) is 26.8 Å². The van der Waals surface area contributed by atoms with E-state index in [-0.39, 0.29) is 29.4 Å². The number of nitrogens with one attached hydrogen (secondary N) is 1. The van der Waals surface area contributed by atoms with Crippen LogP contribution in [-0.2, 0) is 4.74 Å². The number of hydrogen-bond acceptors (Lipinski definition) is 6. The monoisotopic (exact) mass is 520 g/mol. The van der Waals surface area contributed by atoms with Crippen molar-refractivity contribution in [2.24, 2.45) is 5.41 Å². The van der Waals surface area contributed by atoms with Gasteiger partial charge in [-0.05, 0) is 72.9 Å². The number of rotatable bonds is 5. The Hall–Kier alpha value is -2.62. The van der Waals surface area contributed by atoms with Crippen molar-refractivity contribution < 1.29 is 22.6 Å². The van der Waals surface area contributed by atoms with E-state index in [1.54, 1.807) is 0 Å². The number of nitrogens with two attached hydrogens (primary N) is 1. The number of allylic oxidation sites excluding steroid dienone is 2. The number of nitrogens with zero attached hydrogens (tertiary/aromatic N) is 2. The maximum Gasteiger partial charge on any atom is 0.429 e. The van der Waals surface area contributed by atoms with Crippen molar-refractivity contribution >= 4 is 28.7 Å². The van der Waals surface area contributed by atoms with Crippen molar-refractivity contribution in [2.45, 2.75) is 44.4 Å². The van der Waals surface area contributed by atoms with Crippen molar-refractivity contribution in [1.29, 1.82) is 0 Å². The third kappa shape index (κ3) is 5.38. The SMILES string of the molecule is Nc1nc(O[C@H](c2ccc(Cl)cc2C2=CCCOC2)C(F)(F)F)cc(C2=CC[C@]3(CCNC3)CC2)n1.